The van der Waals surface area contributed by atoms with Crippen LogP contribution in [0.25, 0.3) is 11.3 Å². The van der Waals surface area contributed by atoms with Gasteiger partial charge in [0.05, 0.1) is 35.3 Å². The number of hydrogen-bond acceptors (Lipinski definition) is 6. The summed E-state index contributed by atoms with van der Waals surface area (Å²) in [7, 11) is 3.65. The molecule has 0 unspecified atom stereocenters. The van der Waals surface area contributed by atoms with Crippen LogP contribution in [0.3, 0.4) is 0 Å². The predicted octanol–water partition coefficient (Wildman–Crippen LogP) is 3.72. The summed E-state index contributed by atoms with van der Waals surface area (Å²) >= 11 is 0. The first-order chi connectivity index (χ1) is 19.3. The largest absolute Gasteiger partial charge is 0.354 e. The second-order valence-electron chi connectivity index (χ2n) is 10.4. The first kappa shape index (κ1) is 29.8. The Bertz CT molecular complexity index is 1580. The van der Waals surface area contributed by atoms with Gasteiger partial charge in [-0.1, -0.05) is 24.3 Å². The minimum atomic E-state index is -3.50. The SMILES string of the molecule is CN(C)CCN(c1ccc(NC(=C2C(=O)Nc3cc(F)ccc32)c2ccc(CC(=O)N(C)C)cc2)cc1)S(C)(=O)=O. The third kappa shape index (κ3) is 7.11. The van der Waals surface area contributed by atoms with Crippen molar-refractivity contribution in [3.63, 3.8) is 0 Å². The van der Waals surface area contributed by atoms with Crippen molar-refractivity contribution >= 4 is 50.2 Å². The Balaban J connectivity index is 1.73. The molecule has 2 N–H and O–H groups in total. The van der Waals surface area contributed by atoms with Gasteiger partial charge in [0, 0.05) is 38.4 Å². The Kier molecular flexibility index (Phi) is 8.79. The summed E-state index contributed by atoms with van der Waals surface area (Å²) in [5, 5.41) is 6.06. The van der Waals surface area contributed by atoms with E-state index in [1.165, 1.54) is 27.6 Å². The van der Waals surface area contributed by atoms with E-state index in [9.17, 15) is 22.4 Å². The number of benzene rings is 3. The molecule has 1 aliphatic heterocycles. The van der Waals surface area contributed by atoms with Crippen LogP contribution in [0.1, 0.15) is 16.7 Å². The van der Waals surface area contributed by atoms with E-state index < -0.39 is 15.8 Å². The number of rotatable bonds is 10. The van der Waals surface area contributed by atoms with Crippen molar-refractivity contribution in [2.75, 3.05) is 62.5 Å². The zero-order valence-corrected chi connectivity index (χ0v) is 24.5. The van der Waals surface area contributed by atoms with E-state index in [0.29, 0.717) is 52.5 Å². The zero-order valence-electron chi connectivity index (χ0n) is 23.7. The van der Waals surface area contributed by atoms with Gasteiger partial charge in [0.25, 0.3) is 5.91 Å². The van der Waals surface area contributed by atoms with E-state index in [0.717, 1.165) is 5.56 Å². The topological polar surface area (TPSA) is 102 Å². The van der Waals surface area contributed by atoms with Crippen LogP contribution in [0.4, 0.5) is 21.5 Å². The zero-order chi connectivity index (χ0) is 29.9. The Labute approximate surface area is 240 Å². The average molecular weight is 580 g/mol. The van der Waals surface area contributed by atoms with Crippen LogP contribution in [-0.2, 0) is 26.0 Å². The van der Waals surface area contributed by atoms with Gasteiger partial charge in [-0.2, -0.15) is 0 Å². The van der Waals surface area contributed by atoms with E-state index >= 15 is 0 Å². The van der Waals surface area contributed by atoms with Crippen molar-refractivity contribution in [3.8, 4) is 0 Å². The van der Waals surface area contributed by atoms with Gasteiger partial charge >= 0.3 is 0 Å². The highest BCUT2D eigenvalue weighted by molar-refractivity contribution is 7.92. The third-order valence-electron chi connectivity index (χ3n) is 6.65. The van der Waals surface area contributed by atoms with Gasteiger partial charge in [-0.15, -0.1) is 0 Å². The second-order valence-corrected chi connectivity index (χ2v) is 12.3. The summed E-state index contributed by atoms with van der Waals surface area (Å²) in [6, 6.07) is 18.3. The van der Waals surface area contributed by atoms with E-state index in [1.807, 2.05) is 43.3 Å². The number of carbonyl (C=O) groups excluding carboxylic acids is 2. The first-order valence-electron chi connectivity index (χ1n) is 13.0. The number of hydrogen-bond donors (Lipinski definition) is 2. The molecule has 11 heteroatoms. The summed E-state index contributed by atoms with van der Waals surface area (Å²) in [5.41, 5.74) is 4.38. The number of halogens is 1. The van der Waals surface area contributed by atoms with Crippen LogP contribution in [0.5, 0.6) is 0 Å². The molecule has 0 saturated heterocycles. The molecule has 4 rings (SSSR count). The fourth-order valence-corrected chi connectivity index (χ4v) is 5.34. The van der Waals surface area contributed by atoms with Gasteiger partial charge in [-0.25, -0.2) is 12.8 Å². The van der Waals surface area contributed by atoms with Gasteiger partial charge < -0.3 is 20.4 Å². The average Bonchev–Trinajstić information content (AvgIpc) is 3.22. The number of sulfonamides is 1. The van der Waals surface area contributed by atoms with Crippen LogP contribution in [0.15, 0.2) is 66.7 Å². The first-order valence-corrected chi connectivity index (χ1v) is 14.8. The maximum atomic E-state index is 13.9. The van der Waals surface area contributed by atoms with E-state index in [1.54, 1.807) is 44.4 Å². The van der Waals surface area contributed by atoms with Crippen molar-refractivity contribution in [3.05, 3.63) is 89.2 Å². The van der Waals surface area contributed by atoms with Gasteiger partial charge in [-0.05, 0) is 67.7 Å². The molecule has 0 aromatic heterocycles. The molecule has 0 spiro atoms. The fourth-order valence-electron chi connectivity index (χ4n) is 4.43. The highest BCUT2D eigenvalue weighted by atomic mass is 32.2. The van der Waals surface area contributed by atoms with E-state index in [4.69, 9.17) is 0 Å². The molecule has 0 atom stereocenters. The highest BCUT2D eigenvalue weighted by Crippen LogP contribution is 2.38. The number of likely N-dealkylation sites (N-methyl/N-ethyl adjacent to an activating group) is 2. The lowest BCUT2D eigenvalue weighted by molar-refractivity contribution is -0.128. The lowest BCUT2D eigenvalue weighted by atomic mass is 9.98. The van der Waals surface area contributed by atoms with Gasteiger partial charge in [0.15, 0.2) is 0 Å². The third-order valence-corrected chi connectivity index (χ3v) is 7.84. The van der Waals surface area contributed by atoms with Crippen LogP contribution in [-0.4, -0.2) is 77.6 Å². The molecule has 0 saturated carbocycles. The molecule has 0 radical (unpaired) electrons. The number of nitrogens with one attached hydrogen (secondary N) is 2. The molecule has 9 nitrogen and oxygen atoms in total. The molecular weight excluding hydrogens is 545 g/mol. The lowest BCUT2D eigenvalue weighted by Gasteiger charge is -2.24. The maximum absolute atomic E-state index is 13.9. The van der Waals surface area contributed by atoms with Gasteiger partial charge in [-0.3, -0.25) is 13.9 Å². The second kappa shape index (κ2) is 12.1. The number of nitrogens with zero attached hydrogens (tertiary/aromatic N) is 3. The maximum Gasteiger partial charge on any atom is 0.258 e. The molecule has 1 aliphatic rings. The Morgan fingerprint density at radius 2 is 1.59 bits per heavy atom. The van der Waals surface area contributed by atoms with Crippen molar-refractivity contribution in [1.82, 2.24) is 9.80 Å². The molecule has 0 fully saturated rings. The highest BCUT2D eigenvalue weighted by Gasteiger charge is 2.29. The Hall–Kier alpha value is -4.22. The molecule has 216 valence electrons. The summed E-state index contributed by atoms with van der Waals surface area (Å²) in [4.78, 5) is 28.8. The van der Waals surface area contributed by atoms with Gasteiger partial charge in [0.2, 0.25) is 15.9 Å². The molecule has 1 heterocycles. The van der Waals surface area contributed by atoms with Gasteiger partial charge in [0.1, 0.15) is 5.82 Å². The van der Waals surface area contributed by atoms with E-state index in [-0.39, 0.29) is 18.2 Å². The van der Waals surface area contributed by atoms with Crippen LogP contribution >= 0.6 is 0 Å². The summed E-state index contributed by atoms with van der Waals surface area (Å²) in [5.74, 6) is -0.882. The van der Waals surface area contributed by atoms with Crippen molar-refractivity contribution in [2.45, 2.75) is 6.42 Å². The molecule has 41 heavy (non-hydrogen) atoms. The summed E-state index contributed by atoms with van der Waals surface area (Å²) in [6.07, 6.45) is 1.41. The minimum absolute atomic E-state index is 0.0330. The summed E-state index contributed by atoms with van der Waals surface area (Å²) < 4.78 is 40.2. The lowest BCUT2D eigenvalue weighted by Crippen LogP contribution is -2.35. The smallest absolute Gasteiger partial charge is 0.258 e. The Morgan fingerprint density at radius 3 is 2.17 bits per heavy atom. The normalized spacial score (nSPS) is 14.0. The molecular formula is C30H34FN5O4S. The van der Waals surface area contributed by atoms with Crippen molar-refractivity contribution < 1.29 is 22.4 Å². The molecule has 2 amide bonds. The predicted molar refractivity (Wildman–Crippen MR) is 161 cm³/mol. The molecule has 0 bridgehead atoms. The number of fused-ring (bicyclic) bond motifs is 1. The van der Waals surface area contributed by atoms with E-state index in [2.05, 4.69) is 10.6 Å². The quantitative estimate of drug-likeness (QED) is 0.355. The molecule has 0 aliphatic carbocycles. The Morgan fingerprint density at radius 1 is 0.927 bits per heavy atom. The molecule has 3 aromatic carbocycles. The van der Waals surface area contributed by atoms with Crippen LogP contribution < -0.4 is 14.9 Å². The monoisotopic (exact) mass is 579 g/mol. The number of anilines is 3. The standard InChI is InChI=1S/C30H34FN5O4S/c1-34(2)16-17-36(41(5,39)40)24-13-11-23(12-14-24)32-29(21-8-6-20(7-9-21)18-27(37)35(3)4)28-25-15-10-22(31)19-26(25)33-30(28)38/h6-15,19,32H,16-18H2,1-5H3,(H,33,38). The minimum Gasteiger partial charge on any atom is -0.354 e. The fraction of sp³-hybridized carbons (Fsp3) is 0.267. The van der Waals surface area contributed by atoms with Crippen LogP contribution in [0, 0.1) is 5.82 Å². The molecule has 3 aromatic rings. The van der Waals surface area contributed by atoms with Crippen molar-refractivity contribution in [2.24, 2.45) is 0 Å². The van der Waals surface area contributed by atoms with Crippen LogP contribution in [0.2, 0.25) is 0 Å². The summed E-state index contributed by atoms with van der Waals surface area (Å²) in [6.45, 7) is 0.846. The number of carbonyl (C=O) groups is 2. The number of amides is 2. The van der Waals surface area contributed by atoms with Crippen molar-refractivity contribution in [1.29, 1.82) is 0 Å².